The summed E-state index contributed by atoms with van der Waals surface area (Å²) in [5, 5.41) is 0. The number of carbonyl (C=O) groups is 1. The maximum atomic E-state index is 12.2. The molecule has 0 spiro atoms. The highest BCUT2D eigenvalue weighted by molar-refractivity contribution is 5.88. The SMILES string of the molecule is CCOC(=O)c1occc1C(F)F. The Kier molecular flexibility index (Phi) is 3.00. The van der Waals surface area contributed by atoms with Crippen molar-refractivity contribution in [3.8, 4) is 0 Å². The maximum absolute atomic E-state index is 12.2. The van der Waals surface area contributed by atoms with E-state index in [4.69, 9.17) is 0 Å². The van der Waals surface area contributed by atoms with Crippen molar-refractivity contribution < 1.29 is 22.7 Å². The summed E-state index contributed by atoms with van der Waals surface area (Å²) in [7, 11) is 0. The van der Waals surface area contributed by atoms with Crippen molar-refractivity contribution in [2.24, 2.45) is 0 Å². The van der Waals surface area contributed by atoms with Crippen molar-refractivity contribution in [3.63, 3.8) is 0 Å². The molecule has 1 rings (SSSR count). The van der Waals surface area contributed by atoms with Gasteiger partial charge in [-0.2, -0.15) is 0 Å². The molecule has 13 heavy (non-hydrogen) atoms. The first kappa shape index (κ1) is 9.70. The molecule has 0 unspecified atom stereocenters. The van der Waals surface area contributed by atoms with Gasteiger partial charge in [-0.15, -0.1) is 0 Å². The quantitative estimate of drug-likeness (QED) is 0.687. The van der Waals surface area contributed by atoms with E-state index in [1.807, 2.05) is 0 Å². The van der Waals surface area contributed by atoms with Gasteiger partial charge in [-0.1, -0.05) is 0 Å². The smallest absolute Gasteiger partial charge is 0.374 e. The third kappa shape index (κ3) is 2.05. The van der Waals surface area contributed by atoms with Crippen LogP contribution in [-0.2, 0) is 4.74 Å². The second-order valence-corrected chi connectivity index (χ2v) is 2.23. The molecular weight excluding hydrogens is 182 g/mol. The predicted octanol–water partition coefficient (Wildman–Crippen LogP) is 2.39. The monoisotopic (exact) mass is 190 g/mol. The first-order chi connectivity index (χ1) is 6.16. The number of hydrogen-bond donors (Lipinski definition) is 0. The molecule has 0 amide bonds. The fraction of sp³-hybridized carbons (Fsp3) is 0.375. The number of furan rings is 1. The molecule has 0 saturated heterocycles. The first-order valence-electron chi connectivity index (χ1n) is 3.69. The summed E-state index contributed by atoms with van der Waals surface area (Å²) in [6.07, 6.45) is -1.69. The van der Waals surface area contributed by atoms with Crippen molar-refractivity contribution in [1.82, 2.24) is 0 Å². The molecule has 1 aromatic heterocycles. The number of halogens is 2. The number of hydrogen-bond acceptors (Lipinski definition) is 3. The van der Waals surface area contributed by atoms with Gasteiger partial charge >= 0.3 is 5.97 Å². The lowest BCUT2D eigenvalue weighted by atomic mass is 10.2. The lowest BCUT2D eigenvalue weighted by molar-refractivity contribution is 0.0476. The molecule has 0 aromatic carbocycles. The van der Waals surface area contributed by atoms with Gasteiger partial charge in [-0.25, -0.2) is 13.6 Å². The Morgan fingerprint density at radius 2 is 2.38 bits per heavy atom. The van der Waals surface area contributed by atoms with Crippen LogP contribution in [0.15, 0.2) is 16.7 Å². The summed E-state index contributed by atoms with van der Waals surface area (Å²) < 4.78 is 33.5. The van der Waals surface area contributed by atoms with Crippen LogP contribution >= 0.6 is 0 Å². The van der Waals surface area contributed by atoms with Crippen molar-refractivity contribution >= 4 is 5.97 Å². The van der Waals surface area contributed by atoms with E-state index in [0.29, 0.717) is 0 Å². The number of ether oxygens (including phenoxy) is 1. The van der Waals surface area contributed by atoms with Gasteiger partial charge in [-0.05, 0) is 13.0 Å². The van der Waals surface area contributed by atoms with Crippen LogP contribution in [0.4, 0.5) is 8.78 Å². The van der Waals surface area contributed by atoms with E-state index in [-0.39, 0.29) is 6.61 Å². The zero-order valence-corrected chi connectivity index (χ0v) is 6.92. The van der Waals surface area contributed by atoms with E-state index in [1.54, 1.807) is 6.92 Å². The van der Waals surface area contributed by atoms with Crippen molar-refractivity contribution in [3.05, 3.63) is 23.7 Å². The summed E-state index contributed by atoms with van der Waals surface area (Å²) in [4.78, 5) is 11.0. The number of alkyl halides is 2. The van der Waals surface area contributed by atoms with Crippen LogP contribution in [0.2, 0.25) is 0 Å². The number of rotatable bonds is 3. The van der Waals surface area contributed by atoms with E-state index < -0.39 is 23.7 Å². The van der Waals surface area contributed by atoms with E-state index in [1.165, 1.54) is 0 Å². The third-order valence-corrected chi connectivity index (χ3v) is 1.39. The number of carbonyl (C=O) groups excluding carboxylic acids is 1. The zero-order valence-electron chi connectivity index (χ0n) is 6.92. The summed E-state index contributed by atoms with van der Waals surface area (Å²) in [6.45, 7) is 1.71. The highest BCUT2D eigenvalue weighted by Crippen LogP contribution is 2.24. The molecule has 1 heterocycles. The molecule has 0 saturated carbocycles. The summed E-state index contributed by atoms with van der Waals surface area (Å²) in [6, 6.07) is 1.05. The minimum absolute atomic E-state index is 0.127. The first-order valence-corrected chi connectivity index (χ1v) is 3.69. The molecule has 0 radical (unpaired) electrons. The Morgan fingerprint density at radius 3 is 2.92 bits per heavy atom. The van der Waals surface area contributed by atoms with Crippen molar-refractivity contribution in [1.29, 1.82) is 0 Å². The summed E-state index contributed by atoms with van der Waals surface area (Å²) in [5.74, 6) is -1.28. The average molecular weight is 190 g/mol. The lowest BCUT2D eigenvalue weighted by Crippen LogP contribution is -2.06. The fourth-order valence-electron chi connectivity index (χ4n) is 0.854. The number of esters is 1. The van der Waals surface area contributed by atoms with Gasteiger partial charge in [0.25, 0.3) is 6.43 Å². The average Bonchev–Trinajstić information content (AvgIpc) is 2.52. The van der Waals surface area contributed by atoms with Gasteiger partial charge in [0.2, 0.25) is 5.76 Å². The molecule has 0 N–H and O–H groups in total. The minimum Gasteiger partial charge on any atom is -0.460 e. The van der Waals surface area contributed by atoms with Gasteiger partial charge in [0, 0.05) is 0 Å². The summed E-state index contributed by atoms with van der Waals surface area (Å²) in [5.41, 5.74) is -0.432. The Hall–Kier alpha value is -1.39. The van der Waals surface area contributed by atoms with Gasteiger partial charge in [0.1, 0.15) is 0 Å². The molecule has 0 aliphatic rings. The second-order valence-electron chi connectivity index (χ2n) is 2.23. The van der Waals surface area contributed by atoms with Crippen LogP contribution in [-0.4, -0.2) is 12.6 Å². The van der Waals surface area contributed by atoms with E-state index in [2.05, 4.69) is 9.15 Å². The molecule has 0 bridgehead atoms. The van der Waals surface area contributed by atoms with Crippen molar-refractivity contribution in [2.75, 3.05) is 6.61 Å². The highest BCUT2D eigenvalue weighted by Gasteiger charge is 2.22. The molecular formula is C8H8F2O3. The van der Waals surface area contributed by atoms with Crippen LogP contribution in [0.1, 0.15) is 29.5 Å². The third-order valence-electron chi connectivity index (χ3n) is 1.39. The largest absolute Gasteiger partial charge is 0.460 e. The summed E-state index contributed by atoms with van der Waals surface area (Å²) >= 11 is 0. The van der Waals surface area contributed by atoms with Crippen LogP contribution in [0.3, 0.4) is 0 Å². The van der Waals surface area contributed by atoms with Crippen molar-refractivity contribution in [2.45, 2.75) is 13.3 Å². The molecule has 3 nitrogen and oxygen atoms in total. The molecule has 0 fully saturated rings. The fourth-order valence-corrected chi connectivity index (χ4v) is 0.854. The predicted molar refractivity (Wildman–Crippen MR) is 39.6 cm³/mol. The highest BCUT2D eigenvalue weighted by atomic mass is 19.3. The topological polar surface area (TPSA) is 39.4 Å². The van der Waals surface area contributed by atoms with Crippen LogP contribution < -0.4 is 0 Å². The molecule has 0 atom stereocenters. The van der Waals surface area contributed by atoms with Crippen LogP contribution in [0.25, 0.3) is 0 Å². The van der Waals surface area contributed by atoms with E-state index in [9.17, 15) is 13.6 Å². The second kappa shape index (κ2) is 4.02. The molecule has 0 aliphatic heterocycles. The Morgan fingerprint density at radius 1 is 1.69 bits per heavy atom. The molecule has 5 heteroatoms. The Balaban J connectivity index is 2.87. The van der Waals surface area contributed by atoms with E-state index >= 15 is 0 Å². The van der Waals surface area contributed by atoms with E-state index in [0.717, 1.165) is 12.3 Å². The van der Waals surface area contributed by atoms with Crippen LogP contribution in [0.5, 0.6) is 0 Å². The minimum atomic E-state index is -2.72. The van der Waals surface area contributed by atoms with Crippen LogP contribution in [0, 0.1) is 0 Å². The normalized spacial score (nSPS) is 10.5. The maximum Gasteiger partial charge on any atom is 0.374 e. The lowest BCUT2D eigenvalue weighted by Gasteiger charge is -2.00. The van der Waals surface area contributed by atoms with Gasteiger partial charge in [-0.3, -0.25) is 0 Å². The Labute approximate surface area is 73.3 Å². The zero-order chi connectivity index (χ0) is 9.84. The van der Waals surface area contributed by atoms with Gasteiger partial charge in [0.05, 0.1) is 18.4 Å². The molecule has 1 aromatic rings. The van der Waals surface area contributed by atoms with Gasteiger partial charge in [0.15, 0.2) is 0 Å². The standard InChI is InChI=1S/C8H8F2O3/c1-2-12-8(11)6-5(7(9)10)3-4-13-6/h3-4,7H,2H2,1H3. The van der Waals surface area contributed by atoms with Gasteiger partial charge < -0.3 is 9.15 Å². The Bertz CT molecular complexity index is 293. The molecule has 0 aliphatic carbocycles. The molecule has 72 valence electrons.